The second-order valence-electron chi connectivity index (χ2n) is 9.99. The number of halogens is 2. The molecule has 0 bridgehead atoms. The average Bonchev–Trinajstić information content (AvgIpc) is 3.35. The highest BCUT2D eigenvalue weighted by Crippen LogP contribution is 2.30. The number of nitrogens with one attached hydrogen (secondary N) is 4. The number of amides is 1. The van der Waals surface area contributed by atoms with E-state index in [2.05, 4.69) is 26.1 Å². The molecule has 1 aromatic heterocycles. The Morgan fingerprint density at radius 1 is 1.15 bits per heavy atom. The molecule has 11 nitrogen and oxygen atoms in total. The molecule has 2 aliphatic rings. The van der Waals surface area contributed by atoms with E-state index in [1.165, 1.54) is 0 Å². The molecular formula is C27H32F2N6O5S. The number of aliphatic hydroxyl groups excluding tert-OH is 1. The van der Waals surface area contributed by atoms with Crippen molar-refractivity contribution in [3.8, 4) is 0 Å². The molecule has 1 fully saturated rings. The summed E-state index contributed by atoms with van der Waals surface area (Å²) in [5.74, 6) is -2.23. The summed E-state index contributed by atoms with van der Waals surface area (Å²) in [4.78, 5) is 13.0. The molecule has 3 heterocycles. The third-order valence-electron chi connectivity index (χ3n) is 7.13. The van der Waals surface area contributed by atoms with Crippen LogP contribution in [0.3, 0.4) is 0 Å². The van der Waals surface area contributed by atoms with Crippen LogP contribution in [-0.4, -0.2) is 72.9 Å². The van der Waals surface area contributed by atoms with E-state index >= 15 is 0 Å². The van der Waals surface area contributed by atoms with Crippen LogP contribution in [0.1, 0.15) is 40.0 Å². The van der Waals surface area contributed by atoms with Crippen molar-refractivity contribution in [1.82, 2.24) is 19.8 Å². The lowest BCUT2D eigenvalue weighted by Gasteiger charge is -2.27. The lowest BCUT2D eigenvalue weighted by atomic mass is 10.0. The zero-order chi connectivity index (χ0) is 29.0. The van der Waals surface area contributed by atoms with Crippen LogP contribution in [0.4, 0.5) is 20.3 Å². The van der Waals surface area contributed by atoms with Gasteiger partial charge in [-0.2, -0.15) is 9.40 Å². The minimum absolute atomic E-state index is 0.0134. The summed E-state index contributed by atoms with van der Waals surface area (Å²) in [6.45, 7) is 2.15. The second-order valence-corrected chi connectivity index (χ2v) is 11.9. The van der Waals surface area contributed by atoms with Gasteiger partial charge in [0.1, 0.15) is 11.6 Å². The normalized spacial score (nSPS) is 16.4. The van der Waals surface area contributed by atoms with Crippen LogP contribution in [0.15, 0.2) is 41.3 Å². The summed E-state index contributed by atoms with van der Waals surface area (Å²) >= 11 is 0. The second kappa shape index (κ2) is 12.6. The molecule has 1 amide bonds. The Hall–Kier alpha value is -3.43. The summed E-state index contributed by atoms with van der Waals surface area (Å²) in [5, 5.41) is 25.6. The Balaban J connectivity index is 1.36. The number of aromatic amines is 1. The molecule has 41 heavy (non-hydrogen) atoms. The fraction of sp³-hybridized carbons (Fsp3) is 0.407. The maximum atomic E-state index is 13.8. The molecule has 3 aromatic rings. The van der Waals surface area contributed by atoms with Gasteiger partial charge in [0.15, 0.2) is 5.82 Å². The monoisotopic (exact) mass is 590 g/mol. The standard InChI is InChI=1S/C27H32F2N6O5S/c28-18-12-19(29)14-21(13-18)41(38,39)35-7-3-24-23(16-35)26(34-33-24)32-27(37)22-2-1-17(15-30-6-8-36)11-25(22)31-20-4-9-40-10-5-20/h1-2,11-14,20,30-31,36H,3-10,15-16H2,(H2,32,33,34,37). The van der Waals surface area contributed by atoms with E-state index in [1.54, 1.807) is 6.07 Å². The predicted molar refractivity (Wildman–Crippen MR) is 147 cm³/mol. The molecule has 0 radical (unpaired) electrons. The van der Waals surface area contributed by atoms with Crippen LogP contribution < -0.4 is 16.0 Å². The van der Waals surface area contributed by atoms with Crippen molar-refractivity contribution in [2.24, 2.45) is 0 Å². The summed E-state index contributed by atoms with van der Waals surface area (Å²) in [7, 11) is -4.21. The highest BCUT2D eigenvalue weighted by molar-refractivity contribution is 7.89. The zero-order valence-corrected chi connectivity index (χ0v) is 23.1. The van der Waals surface area contributed by atoms with Crippen LogP contribution in [-0.2, 0) is 34.3 Å². The Morgan fingerprint density at radius 3 is 2.63 bits per heavy atom. The number of anilines is 2. The van der Waals surface area contributed by atoms with E-state index in [0.717, 1.165) is 34.8 Å². The van der Waals surface area contributed by atoms with Crippen molar-refractivity contribution in [2.75, 3.05) is 43.5 Å². The topological polar surface area (TPSA) is 149 Å². The number of sulfonamides is 1. The average molecular weight is 591 g/mol. The van der Waals surface area contributed by atoms with E-state index in [-0.39, 0.29) is 38.0 Å². The van der Waals surface area contributed by atoms with Crippen molar-refractivity contribution in [3.05, 3.63) is 70.4 Å². The number of carbonyl (C=O) groups excluding carboxylic acids is 1. The van der Waals surface area contributed by atoms with E-state index < -0.39 is 32.5 Å². The Labute approximate surface area is 236 Å². The van der Waals surface area contributed by atoms with Crippen molar-refractivity contribution in [1.29, 1.82) is 0 Å². The highest BCUT2D eigenvalue weighted by Gasteiger charge is 2.32. The molecular weight excluding hydrogens is 558 g/mol. The van der Waals surface area contributed by atoms with Gasteiger partial charge in [-0.15, -0.1) is 0 Å². The van der Waals surface area contributed by atoms with Gasteiger partial charge in [-0.1, -0.05) is 6.07 Å². The van der Waals surface area contributed by atoms with E-state index in [9.17, 15) is 22.0 Å². The SMILES string of the molecule is O=C(Nc1n[nH]c2c1CN(S(=O)(=O)c1cc(F)cc(F)c1)CC2)c1ccc(CNCCO)cc1NC1CCOCC1. The van der Waals surface area contributed by atoms with Gasteiger partial charge in [0.05, 0.1) is 17.1 Å². The van der Waals surface area contributed by atoms with E-state index in [4.69, 9.17) is 9.84 Å². The molecule has 2 aliphatic heterocycles. The van der Waals surface area contributed by atoms with Gasteiger partial charge in [-0.05, 0) is 42.7 Å². The summed E-state index contributed by atoms with van der Waals surface area (Å²) < 4.78 is 60.4. The third-order valence-corrected chi connectivity index (χ3v) is 8.95. The summed E-state index contributed by atoms with van der Waals surface area (Å²) in [6.07, 6.45) is 1.86. The van der Waals surface area contributed by atoms with Crippen LogP contribution in [0.2, 0.25) is 0 Å². The van der Waals surface area contributed by atoms with E-state index in [1.807, 2.05) is 12.1 Å². The van der Waals surface area contributed by atoms with Crippen LogP contribution in [0, 0.1) is 11.6 Å². The molecule has 5 rings (SSSR count). The van der Waals surface area contributed by atoms with Crippen molar-refractivity contribution in [3.63, 3.8) is 0 Å². The first-order valence-electron chi connectivity index (χ1n) is 13.4. The molecule has 0 aliphatic carbocycles. The zero-order valence-electron chi connectivity index (χ0n) is 22.3. The van der Waals surface area contributed by atoms with Crippen molar-refractivity contribution < 1.29 is 31.8 Å². The number of H-pyrrole nitrogens is 1. The maximum Gasteiger partial charge on any atom is 0.258 e. The summed E-state index contributed by atoms with van der Waals surface area (Å²) in [6, 6.07) is 7.72. The first kappa shape index (κ1) is 29.1. The number of aliphatic hydroxyl groups is 1. The minimum atomic E-state index is -4.21. The molecule has 14 heteroatoms. The van der Waals surface area contributed by atoms with Gasteiger partial charge in [0.25, 0.3) is 5.91 Å². The minimum Gasteiger partial charge on any atom is -0.395 e. The van der Waals surface area contributed by atoms with Gasteiger partial charge < -0.3 is 25.8 Å². The number of hydrogen-bond donors (Lipinski definition) is 5. The third kappa shape index (κ3) is 6.73. The number of nitrogens with zero attached hydrogens (tertiary/aromatic N) is 2. The van der Waals surface area contributed by atoms with Crippen molar-refractivity contribution in [2.45, 2.75) is 43.3 Å². The van der Waals surface area contributed by atoms with Crippen LogP contribution in [0.25, 0.3) is 0 Å². The number of hydrogen-bond acceptors (Lipinski definition) is 8. The number of benzene rings is 2. The van der Waals surface area contributed by atoms with Gasteiger partial charge in [0.2, 0.25) is 10.0 Å². The first-order valence-corrected chi connectivity index (χ1v) is 14.8. The Morgan fingerprint density at radius 2 is 1.90 bits per heavy atom. The van der Waals surface area contributed by atoms with Crippen LogP contribution in [0.5, 0.6) is 0 Å². The van der Waals surface area contributed by atoms with Crippen LogP contribution >= 0.6 is 0 Å². The largest absolute Gasteiger partial charge is 0.395 e. The number of carbonyl (C=O) groups is 1. The van der Waals surface area contributed by atoms with Gasteiger partial charge in [0, 0.05) is 74.9 Å². The number of fused-ring (bicyclic) bond motifs is 1. The fourth-order valence-corrected chi connectivity index (χ4v) is 6.42. The molecule has 5 N–H and O–H groups in total. The quantitative estimate of drug-likeness (QED) is 0.226. The molecule has 1 saturated heterocycles. The molecule has 2 aromatic carbocycles. The first-order chi connectivity index (χ1) is 19.7. The highest BCUT2D eigenvalue weighted by atomic mass is 32.2. The number of rotatable bonds is 10. The summed E-state index contributed by atoms with van der Waals surface area (Å²) in [5.41, 5.74) is 3.10. The van der Waals surface area contributed by atoms with Gasteiger partial charge in [-0.3, -0.25) is 9.89 Å². The predicted octanol–water partition coefficient (Wildman–Crippen LogP) is 2.36. The van der Waals surface area contributed by atoms with Gasteiger partial charge >= 0.3 is 0 Å². The Bertz CT molecular complexity index is 1490. The molecule has 220 valence electrons. The lowest BCUT2D eigenvalue weighted by Crippen LogP contribution is -2.36. The van der Waals surface area contributed by atoms with Gasteiger partial charge in [-0.25, -0.2) is 17.2 Å². The van der Waals surface area contributed by atoms with E-state index in [0.29, 0.717) is 54.9 Å². The van der Waals surface area contributed by atoms with Crippen molar-refractivity contribution >= 4 is 27.4 Å². The number of ether oxygens (including phenoxy) is 1. The number of aromatic nitrogens is 2. The lowest BCUT2D eigenvalue weighted by molar-refractivity contribution is 0.0904. The maximum absolute atomic E-state index is 13.8. The molecule has 0 spiro atoms. The fourth-order valence-electron chi connectivity index (χ4n) is 4.97. The molecule has 0 atom stereocenters. The molecule has 0 unspecified atom stereocenters. The smallest absolute Gasteiger partial charge is 0.258 e. The molecule has 0 saturated carbocycles. The Kier molecular flexibility index (Phi) is 8.94.